The first-order chi connectivity index (χ1) is 8.57. The van der Waals surface area contributed by atoms with Crippen molar-refractivity contribution in [1.82, 2.24) is 4.31 Å². The van der Waals surface area contributed by atoms with E-state index in [0.29, 0.717) is 15.2 Å². The molecule has 2 rings (SSSR count). The zero-order valence-corrected chi connectivity index (χ0v) is 13.2. The molecule has 1 heterocycles. The van der Waals surface area contributed by atoms with Crippen LogP contribution in [0.1, 0.15) is 25.7 Å². The maximum absolute atomic E-state index is 12.6. The third-order valence-corrected chi connectivity index (χ3v) is 7.73. The minimum atomic E-state index is -3.40. The van der Waals surface area contributed by atoms with Crippen LogP contribution >= 0.6 is 27.3 Å². The first kappa shape index (κ1) is 14.2. The minimum absolute atomic E-state index is 0.127. The molecule has 1 aromatic heterocycles. The van der Waals surface area contributed by atoms with Crippen LogP contribution in [0.4, 0.5) is 0 Å². The zero-order valence-electron chi connectivity index (χ0n) is 10.0. The molecule has 3 nitrogen and oxygen atoms in total. The summed E-state index contributed by atoms with van der Waals surface area (Å²) >= 11 is 4.57. The van der Waals surface area contributed by atoms with Gasteiger partial charge in [0.1, 0.15) is 4.21 Å². The summed E-state index contributed by atoms with van der Waals surface area (Å²) < 4.78 is 28.0. The molecular weight excluding hydrogens is 334 g/mol. The van der Waals surface area contributed by atoms with Crippen molar-refractivity contribution in [3.05, 3.63) is 28.6 Å². The quantitative estimate of drug-likeness (QED) is 0.761. The highest BCUT2D eigenvalue weighted by molar-refractivity contribution is 9.10. The van der Waals surface area contributed by atoms with Gasteiger partial charge in [-0.05, 0) is 40.2 Å². The van der Waals surface area contributed by atoms with Crippen LogP contribution in [0.2, 0.25) is 0 Å². The molecule has 0 N–H and O–H groups in total. The second kappa shape index (κ2) is 5.86. The molecule has 1 aromatic rings. The molecule has 1 fully saturated rings. The van der Waals surface area contributed by atoms with Gasteiger partial charge in [-0.25, -0.2) is 8.42 Å². The van der Waals surface area contributed by atoms with Crippen LogP contribution in [0.5, 0.6) is 0 Å². The fourth-order valence-electron chi connectivity index (χ4n) is 2.33. The lowest BCUT2D eigenvalue weighted by Gasteiger charge is -2.26. The van der Waals surface area contributed by atoms with Crippen molar-refractivity contribution >= 4 is 37.3 Å². The van der Waals surface area contributed by atoms with Crippen LogP contribution in [-0.4, -0.2) is 25.3 Å². The maximum atomic E-state index is 12.6. The number of thiophene rings is 1. The lowest BCUT2D eigenvalue weighted by atomic mass is 10.2. The third-order valence-electron chi connectivity index (χ3n) is 3.17. The van der Waals surface area contributed by atoms with Crippen LogP contribution in [-0.2, 0) is 10.0 Å². The highest BCUT2D eigenvalue weighted by atomic mass is 79.9. The van der Waals surface area contributed by atoms with Crippen molar-refractivity contribution in [2.45, 2.75) is 35.9 Å². The third kappa shape index (κ3) is 2.71. The van der Waals surface area contributed by atoms with Gasteiger partial charge in [0.15, 0.2) is 0 Å². The van der Waals surface area contributed by atoms with Crippen LogP contribution in [0.15, 0.2) is 32.8 Å². The number of hydrogen-bond donors (Lipinski definition) is 0. The number of halogens is 1. The van der Waals surface area contributed by atoms with Gasteiger partial charge in [-0.3, -0.25) is 0 Å². The molecule has 18 heavy (non-hydrogen) atoms. The largest absolute Gasteiger partial charge is 0.254 e. The summed E-state index contributed by atoms with van der Waals surface area (Å²) in [5.41, 5.74) is 0. The second-order valence-electron chi connectivity index (χ2n) is 4.36. The molecule has 0 saturated heterocycles. The minimum Gasteiger partial charge on any atom is -0.206 e. The van der Waals surface area contributed by atoms with Crippen LogP contribution in [0, 0.1) is 0 Å². The summed E-state index contributed by atoms with van der Waals surface area (Å²) in [7, 11) is -3.40. The van der Waals surface area contributed by atoms with E-state index in [1.54, 1.807) is 21.8 Å². The Morgan fingerprint density at radius 3 is 2.67 bits per heavy atom. The van der Waals surface area contributed by atoms with Crippen molar-refractivity contribution in [2.24, 2.45) is 0 Å². The number of sulfonamides is 1. The standard InChI is InChI=1S/C12H16BrNO2S2/c1-2-8-14(10-5-3-4-6-10)18(15,16)12-11(13)7-9-17-12/h2,7,9-10H,1,3-6,8H2. The van der Waals surface area contributed by atoms with E-state index >= 15 is 0 Å². The molecule has 0 unspecified atom stereocenters. The fourth-order valence-corrected chi connectivity index (χ4v) is 6.42. The molecular formula is C12H16BrNO2S2. The molecule has 100 valence electrons. The number of rotatable bonds is 5. The van der Waals surface area contributed by atoms with Crippen molar-refractivity contribution in [3.8, 4) is 0 Å². The van der Waals surface area contributed by atoms with Gasteiger partial charge in [0.25, 0.3) is 10.0 Å². The average molecular weight is 350 g/mol. The van der Waals surface area contributed by atoms with E-state index in [9.17, 15) is 8.42 Å². The van der Waals surface area contributed by atoms with Crippen molar-refractivity contribution in [2.75, 3.05) is 6.54 Å². The zero-order chi connectivity index (χ0) is 13.2. The Kier molecular flexibility index (Phi) is 4.64. The average Bonchev–Trinajstić information content (AvgIpc) is 2.96. The highest BCUT2D eigenvalue weighted by Gasteiger charge is 2.34. The SMILES string of the molecule is C=CCN(C1CCCC1)S(=O)(=O)c1sccc1Br. The van der Waals surface area contributed by atoms with Gasteiger partial charge < -0.3 is 0 Å². The Morgan fingerprint density at radius 1 is 1.50 bits per heavy atom. The molecule has 0 spiro atoms. The van der Waals surface area contributed by atoms with Crippen molar-refractivity contribution in [3.63, 3.8) is 0 Å². The fraction of sp³-hybridized carbons (Fsp3) is 0.500. The van der Waals surface area contributed by atoms with E-state index in [1.807, 2.05) is 0 Å². The molecule has 0 atom stereocenters. The van der Waals surface area contributed by atoms with E-state index in [-0.39, 0.29) is 6.04 Å². The van der Waals surface area contributed by atoms with Gasteiger partial charge >= 0.3 is 0 Å². The summed E-state index contributed by atoms with van der Waals surface area (Å²) in [5.74, 6) is 0. The molecule has 0 aromatic carbocycles. The summed E-state index contributed by atoms with van der Waals surface area (Å²) in [6.45, 7) is 4.06. The molecule has 6 heteroatoms. The first-order valence-electron chi connectivity index (χ1n) is 5.93. The van der Waals surface area contributed by atoms with Gasteiger partial charge in [0.05, 0.1) is 0 Å². The predicted octanol–water partition coefficient (Wildman–Crippen LogP) is 3.63. The lowest BCUT2D eigenvalue weighted by Crippen LogP contribution is -2.38. The predicted molar refractivity (Wildman–Crippen MR) is 78.4 cm³/mol. The Hall–Kier alpha value is -0.170. The molecule has 1 aliphatic carbocycles. The van der Waals surface area contributed by atoms with Crippen LogP contribution < -0.4 is 0 Å². The Bertz CT molecular complexity index is 518. The van der Waals surface area contributed by atoms with Gasteiger partial charge in [0, 0.05) is 17.1 Å². The highest BCUT2D eigenvalue weighted by Crippen LogP contribution is 2.34. The van der Waals surface area contributed by atoms with Gasteiger partial charge in [-0.1, -0.05) is 18.9 Å². The second-order valence-corrected chi connectivity index (χ2v) is 8.21. The normalized spacial score (nSPS) is 17.4. The molecule has 0 bridgehead atoms. The van der Waals surface area contributed by atoms with Gasteiger partial charge in [-0.2, -0.15) is 4.31 Å². The Balaban J connectivity index is 2.35. The van der Waals surface area contributed by atoms with E-state index < -0.39 is 10.0 Å². The summed E-state index contributed by atoms with van der Waals surface area (Å²) in [5, 5.41) is 1.79. The Morgan fingerprint density at radius 2 is 2.17 bits per heavy atom. The van der Waals surface area contributed by atoms with E-state index in [1.165, 1.54) is 11.3 Å². The van der Waals surface area contributed by atoms with Crippen molar-refractivity contribution < 1.29 is 8.42 Å². The van der Waals surface area contributed by atoms with Crippen molar-refractivity contribution in [1.29, 1.82) is 0 Å². The van der Waals surface area contributed by atoms with E-state index in [4.69, 9.17) is 0 Å². The summed E-state index contributed by atoms with van der Waals surface area (Å²) in [6, 6.07) is 1.90. The smallest absolute Gasteiger partial charge is 0.206 e. The molecule has 0 aliphatic heterocycles. The summed E-state index contributed by atoms with van der Waals surface area (Å²) in [6.07, 6.45) is 5.79. The van der Waals surface area contributed by atoms with E-state index in [2.05, 4.69) is 22.5 Å². The lowest BCUT2D eigenvalue weighted by molar-refractivity contribution is 0.348. The molecule has 0 amide bonds. The van der Waals surface area contributed by atoms with E-state index in [0.717, 1.165) is 25.7 Å². The topological polar surface area (TPSA) is 37.4 Å². The molecule has 1 aliphatic rings. The number of hydrogen-bond acceptors (Lipinski definition) is 3. The monoisotopic (exact) mass is 349 g/mol. The Labute approximate surface area is 121 Å². The molecule has 1 saturated carbocycles. The molecule has 0 radical (unpaired) electrons. The number of nitrogens with zero attached hydrogens (tertiary/aromatic N) is 1. The van der Waals surface area contributed by atoms with Crippen LogP contribution in [0.3, 0.4) is 0 Å². The van der Waals surface area contributed by atoms with Gasteiger partial charge in [-0.15, -0.1) is 17.9 Å². The summed E-state index contributed by atoms with van der Waals surface area (Å²) in [4.78, 5) is 0. The first-order valence-corrected chi connectivity index (χ1v) is 9.04. The van der Waals surface area contributed by atoms with Gasteiger partial charge in [0.2, 0.25) is 0 Å². The van der Waals surface area contributed by atoms with Crippen LogP contribution in [0.25, 0.3) is 0 Å². The maximum Gasteiger partial charge on any atom is 0.254 e.